The van der Waals surface area contributed by atoms with E-state index in [9.17, 15) is 0 Å². The standard InChI is InChI=1S/C17H27NO/c1-16(2,3)15-10-5-6-11-17(15,18)13-8-7-9-14(12-13)19-4/h7-9,12,15H,5-6,10-11,18H2,1-4H3. The molecule has 0 bridgehead atoms. The van der Waals surface area contributed by atoms with Crippen molar-refractivity contribution in [2.24, 2.45) is 17.1 Å². The molecule has 1 aliphatic rings. The number of rotatable bonds is 2. The van der Waals surface area contributed by atoms with Crippen molar-refractivity contribution in [3.63, 3.8) is 0 Å². The van der Waals surface area contributed by atoms with E-state index >= 15 is 0 Å². The SMILES string of the molecule is COc1cccc(C2(N)CCCCC2C(C)(C)C)c1. The number of benzene rings is 1. The van der Waals surface area contributed by atoms with E-state index in [0.717, 1.165) is 12.2 Å². The highest BCUT2D eigenvalue weighted by molar-refractivity contribution is 5.34. The van der Waals surface area contributed by atoms with E-state index in [0.29, 0.717) is 5.92 Å². The van der Waals surface area contributed by atoms with E-state index in [2.05, 4.69) is 39.0 Å². The third-order valence-electron chi connectivity index (χ3n) is 4.61. The van der Waals surface area contributed by atoms with Gasteiger partial charge in [-0.05, 0) is 41.9 Å². The minimum Gasteiger partial charge on any atom is -0.497 e. The third-order valence-corrected chi connectivity index (χ3v) is 4.61. The molecule has 0 aromatic heterocycles. The lowest BCUT2D eigenvalue weighted by atomic mass is 9.60. The van der Waals surface area contributed by atoms with E-state index in [1.807, 2.05) is 6.07 Å². The molecule has 2 nitrogen and oxygen atoms in total. The summed E-state index contributed by atoms with van der Waals surface area (Å²) >= 11 is 0. The zero-order valence-electron chi connectivity index (χ0n) is 12.7. The topological polar surface area (TPSA) is 35.2 Å². The van der Waals surface area contributed by atoms with Crippen LogP contribution >= 0.6 is 0 Å². The molecule has 1 aromatic rings. The van der Waals surface area contributed by atoms with Gasteiger partial charge in [-0.1, -0.05) is 45.7 Å². The molecule has 1 fully saturated rings. The van der Waals surface area contributed by atoms with Gasteiger partial charge in [0.1, 0.15) is 5.75 Å². The van der Waals surface area contributed by atoms with Gasteiger partial charge in [-0.25, -0.2) is 0 Å². The maximum absolute atomic E-state index is 6.88. The average molecular weight is 261 g/mol. The number of hydrogen-bond donors (Lipinski definition) is 1. The quantitative estimate of drug-likeness (QED) is 0.870. The van der Waals surface area contributed by atoms with Crippen LogP contribution in [0.3, 0.4) is 0 Å². The second kappa shape index (κ2) is 5.16. The first-order chi connectivity index (χ1) is 8.88. The Morgan fingerprint density at radius 3 is 2.63 bits per heavy atom. The van der Waals surface area contributed by atoms with Gasteiger partial charge in [0.15, 0.2) is 0 Å². The molecule has 2 N–H and O–H groups in total. The van der Waals surface area contributed by atoms with Gasteiger partial charge < -0.3 is 10.5 Å². The van der Waals surface area contributed by atoms with Crippen LogP contribution in [-0.4, -0.2) is 7.11 Å². The molecule has 0 amide bonds. The first-order valence-corrected chi connectivity index (χ1v) is 7.31. The summed E-state index contributed by atoms with van der Waals surface area (Å²) in [6, 6.07) is 8.32. The lowest BCUT2D eigenvalue weighted by molar-refractivity contribution is 0.0776. The van der Waals surface area contributed by atoms with Crippen molar-refractivity contribution in [2.45, 2.75) is 52.0 Å². The Morgan fingerprint density at radius 2 is 2.00 bits per heavy atom. The molecule has 2 heteroatoms. The Hall–Kier alpha value is -1.02. The maximum atomic E-state index is 6.88. The minimum atomic E-state index is -0.217. The second-order valence-corrected chi connectivity index (χ2v) is 6.94. The van der Waals surface area contributed by atoms with E-state index in [1.54, 1.807) is 7.11 Å². The first-order valence-electron chi connectivity index (χ1n) is 7.31. The molecule has 2 unspecified atom stereocenters. The van der Waals surface area contributed by atoms with Crippen LogP contribution in [0.1, 0.15) is 52.0 Å². The third kappa shape index (κ3) is 2.79. The van der Waals surface area contributed by atoms with Gasteiger partial charge in [0.05, 0.1) is 7.11 Å². The van der Waals surface area contributed by atoms with Crippen molar-refractivity contribution in [2.75, 3.05) is 7.11 Å². The van der Waals surface area contributed by atoms with Crippen molar-refractivity contribution in [1.29, 1.82) is 0 Å². The summed E-state index contributed by atoms with van der Waals surface area (Å²) in [5.41, 5.74) is 8.12. The molecule has 0 saturated heterocycles. The normalized spacial score (nSPS) is 28.2. The van der Waals surface area contributed by atoms with Gasteiger partial charge in [-0.15, -0.1) is 0 Å². The number of nitrogens with two attached hydrogens (primary N) is 1. The summed E-state index contributed by atoms with van der Waals surface area (Å²) in [7, 11) is 1.71. The van der Waals surface area contributed by atoms with Crippen LogP contribution in [0.25, 0.3) is 0 Å². The van der Waals surface area contributed by atoms with E-state index in [1.165, 1.54) is 24.8 Å². The Balaban J connectivity index is 2.41. The summed E-state index contributed by atoms with van der Waals surface area (Å²) in [6.07, 6.45) is 4.81. The Morgan fingerprint density at radius 1 is 1.26 bits per heavy atom. The van der Waals surface area contributed by atoms with Crippen LogP contribution in [0.5, 0.6) is 5.75 Å². The fraction of sp³-hybridized carbons (Fsp3) is 0.647. The zero-order chi connectivity index (χ0) is 14.1. The molecule has 0 aliphatic heterocycles. The molecule has 0 heterocycles. The fourth-order valence-electron chi connectivity index (χ4n) is 3.66. The van der Waals surface area contributed by atoms with Crippen LogP contribution in [0.4, 0.5) is 0 Å². The minimum absolute atomic E-state index is 0.217. The Labute approximate surface area is 117 Å². The van der Waals surface area contributed by atoms with Crippen molar-refractivity contribution in [1.82, 2.24) is 0 Å². The van der Waals surface area contributed by atoms with Gasteiger partial charge in [-0.3, -0.25) is 0 Å². The summed E-state index contributed by atoms with van der Waals surface area (Å²) in [4.78, 5) is 0. The molecular weight excluding hydrogens is 234 g/mol. The molecule has 19 heavy (non-hydrogen) atoms. The van der Waals surface area contributed by atoms with Crippen molar-refractivity contribution in [3.05, 3.63) is 29.8 Å². The van der Waals surface area contributed by atoms with Crippen LogP contribution in [0, 0.1) is 11.3 Å². The molecule has 106 valence electrons. The highest BCUT2D eigenvalue weighted by Crippen LogP contribution is 2.48. The molecule has 2 atom stereocenters. The summed E-state index contributed by atoms with van der Waals surface area (Å²) in [5.74, 6) is 1.42. The highest BCUT2D eigenvalue weighted by atomic mass is 16.5. The Bertz CT molecular complexity index is 435. The first kappa shape index (κ1) is 14.4. The van der Waals surface area contributed by atoms with Gasteiger partial charge in [0, 0.05) is 5.54 Å². The lowest BCUT2D eigenvalue weighted by Gasteiger charge is -2.48. The maximum Gasteiger partial charge on any atom is 0.119 e. The Kier molecular flexibility index (Phi) is 3.91. The highest BCUT2D eigenvalue weighted by Gasteiger charge is 2.44. The van der Waals surface area contributed by atoms with Crippen LogP contribution in [-0.2, 0) is 5.54 Å². The van der Waals surface area contributed by atoms with E-state index in [-0.39, 0.29) is 11.0 Å². The summed E-state index contributed by atoms with van der Waals surface area (Å²) in [6.45, 7) is 6.93. The van der Waals surface area contributed by atoms with Crippen LogP contribution in [0.2, 0.25) is 0 Å². The van der Waals surface area contributed by atoms with Crippen molar-refractivity contribution < 1.29 is 4.74 Å². The molecular formula is C17H27NO. The monoisotopic (exact) mass is 261 g/mol. The molecule has 1 saturated carbocycles. The smallest absolute Gasteiger partial charge is 0.119 e. The number of hydrogen-bond acceptors (Lipinski definition) is 2. The molecule has 1 aromatic carbocycles. The van der Waals surface area contributed by atoms with Gasteiger partial charge >= 0.3 is 0 Å². The van der Waals surface area contributed by atoms with Crippen LogP contribution in [0.15, 0.2) is 24.3 Å². The predicted molar refractivity (Wildman–Crippen MR) is 80.3 cm³/mol. The summed E-state index contributed by atoms with van der Waals surface area (Å²) in [5, 5.41) is 0. The lowest BCUT2D eigenvalue weighted by Crippen LogP contribution is -2.51. The predicted octanol–water partition coefficient (Wildman–Crippen LogP) is 4.09. The largest absolute Gasteiger partial charge is 0.497 e. The van der Waals surface area contributed by atoms with Gasteiger partial charge in [0.25, 0.3) is 0 Å². The molecule has 0 radical (unpaired) electrons. The summed E-state index contributed by atoms with van der Waals surface area (Å²) < 4.78 is 5.36. The molecule has 2 rings (SSSR count). The number of methoxy groups -OCH3 is 1. The van der Waals surface area contributed by atoms with Gasteiger partial charge in [-0.2, -0.15) is 0 Å². The fourth-order valence-corrected chi connectivity index (χ4v) is 3.66. The van der Waals surface area contributed by atoms with Crippen molar-refractivity contribution >= 4 is 0 Å². The second-order valence-electron chi connectivity index (χ2n) is 6.94. The van der Waals surface area contributed by atoms with E-state index in [4.69, 9.17) is 10.5 Å². The number of ether oxygens (including phenoxy) is 1. The van der Waals surface area contributed by atoms with E-state index < -0.39 is 0 Å². The van der Waals surface area contributed by atoms with Gasteiger partial charge in [0.2, 0.25) is 0 Å². The van der Waals surface area contributed by atoms with Crippen LogP contribution < -0.4 is 10.5 Å². The zero-order valence-corrected chi connectivity index (χ0v) is 12.7. The van der Waals surface area contributed by atoms with Crippen molar-refractivity contribution in [3.8, 4) is 5.75 Å². The average Bonchev–Trinajstić information content (AvgIpc) is 2.38. The molecule has 0 spiro atoms. The molecule has 1 aliphatic carbocycles.